The molecule has 2 heterocycles. The summed E-state index contributed by atoms with van der Waals surface area (Å²) in [6, 6.07) is 10.8. The van der Waals surface area contributed by atoms with Gasteiger partial charge in [0.15, 0.2) is 11.8 Å². The number of aryl methyl sites for hydroxylation is 1. The molecule has 30 heavy (non-hydrogen) atoms. The Bertz CT molecular complexity index is 803. The predicted octanol–water partition coefficient (Wildman–Crippen LogP) is 2.43. The molecule has 2 unspecified atom stereocenters. The molecule has 0 aliphatic carbocycles. The molecule has 3 N–H and O–H groups in total. The van der Waals surface area contributed by atoms with Crippen molar-refractivity contribution in [3.63, 3.8) is 0 Å². The Morgan fingerprint density at radius 2 is 2.10 bits per heavy atom. The molecule has 1 aromatic carbocycles. The smallest absolute Gasteiger partial charge is 0.191 e. The maximum atomic E-state index is 5.16. The third-order valence-electron chi connectivity index (χ3n) is 5.24. The number of benzene rings is 1. The Labute approximate surface area is 179 Å². The van der Waals surface area contributed by atoms with Gasteiger partial charge in [-0.25, -0.2) is 9.67 Å². The topological polar surface area (TPSA) is 88.4 Å². The van der Waals surface area contributed by atoms with Gasteiger partial charge in [0.25, 0.3) is 0 Å². The van der Waals surface area contributed by atoms with E-state index in [1.165, 1.54) is 0 Å². The summed E-state index contributed by atoms with van der Waals surface area (Å²) in [6.45, 7) is 9.29. The Morgan fingerprint density at radius 3 is 2.80 bits per heavy atom. The normalized spacial score (nSPS) is 17.5. The summed E-state index contributed by atoms with van der Waals surface area (Å²) in [5, 5.41) is 15.1. The molecular formula is C22H35N7O. The van der Waals surface area contributed by atoms with Crippen LogP contribution in [-0.2, 0) is 24.3 Å². The number of fused-ring (bicyclic) bond motifs is 1. The van der Waals surface area contributed by atoms with Crippen LogP contribution < -0.4 is 16.0 Å². The molecule has 0 fully saturated rings. The zero-order valence-electron chi connectivity index (χ0n) is 18.6. The molecular weight excluding hydrogens is 378 g/mol. The first-order valence-corrected chi connectivity index (χ1v) is 10.9. The van der Waals surface area contributed by atoms with Crippen molar-refractivity contribution in [1.82, 2.24) is 25.4 Å². The average molecular weight is 414 g/mol. The van der Waals surface area contributed by atoms with E-state index in [4.69, 9.17) is 9.73 Å². The SMILES string of the molecule is CCNC(=NCC(Nc1ccccc1)C(C)C)NC1CCc2nc(COC)nn2C1. The lowest BCUT2D eigenvalue weighted by atomic mass is 10.0. The minimum absolute atomic E-state index is 0.257. The molecule has 2 atom stereocenters. The maximum Gasteiger partial charge on any atom is 0.191 e. The van der Waals surface area contributed by atoms with Crippen molar-refractivity contribution in [2.75, 3.05) is 25.5 Å². The molecule has 8 heteroatoms. The molecule has 2 aromatic rings. The van der Waals surface area contributed by atoms with Crippen molar-refractivity contribution >= 4 is 11.6 Å². The van der Waals surface area contributed by atoms with Crippen LogP contribution in [0.1, 0.15) is 38.8 Å². The molecule has 0 saturated heterocycles. The van der Waals surface area contributed by atoms with E-state index in [1.54, 1.807) is 7.11 Å². The highest BCUT2D eigenvalue weighted by Gasteiger charge is 2.22. The van der Waals surface area contributed by atoms with Crippen LogP contribution in [0.4, 0.5) is 5.69 Å². The second kappa shape index (κ2) is 11.0. The third-order valence-corrected chi connectivity index (χ3v) is 5.24. The molecule has 0 saturated carbocycles. The van der Waals surface area contributed by atoms with E-state index in [9.17, 15) is 0 Å². The molecule has 0 radical (unpaired) electrons. The van der Waals surface area contributed by atoms with Gasteiger partial charge in [-0.1, -0.05) is 32.0 Å². The van der Waals surface area contributed by atoms with Crippen LogP contribution >= 0.6 is 0 Å². The number of guanidine groups is 1. The van der Waals surface area contributed by atoms with Gasteiger partial charge in [-0.3, -0.25) is 4.99 Å². The van der Waals surface area contributed by atoms with Gasteiger partial charge >= 0.3 is 0 Å². The van der Waals surface area contributed by atoms with Gasteiger partial charge in [-0.05, 0) is 31.4 Å². The number of para-hydroxylation sites is 1. The number of hydrogen-bond donors (Lipinski definition) is 3. The lowest BCUT2D eigenvalue weighted by molar-refractivity contribution is 0.177. The van der Waals surface area contributed by atoms with Gasteiger partial charge in [0.2, 0.25) is 0 Å². The summed E-state index contributed by atoms with van der Waals surface area (Å²) in [5.74, 6) is 3.10. The minimum Gasteiger partial charge on any atom is -0.380 e. The Hall–Kier alpha value is -2.61. The number of nitrogens with zero attached hydrogens (tertiary/aromatic N) is 4. The maximum absolute atomic E-state index is 5.16. The van der Waals surface area contributed by atoms with Crippen molar-refractivity contribution in [1.29, 1.82) is 0 Å². The van der Waals surface area contributed by atoms with Crippen LogP contribution in [0.25, 0.3) is 0 Å². The number of hydrogen-bond acceptors (Lipinski definition) is 5. The summed E-state index contributed by atoms with van der Waals surface area (Å²) in [7, 11) is 1.67. The highest BCUT2D eigenvalue weighted by Crippen LogP contribution is 2.14. The van der Waals surface area contributed by atoms with Crippen LogP contribution in [0.5, 0.6) is 0 Å². The number of anilines is 1. The van der Waals surface area contributed by atoms with E-state index in [0.29, 0.717) is 19.1 Å². The van der Waals surface area contributed by atoms with Crippen molar-refractivity contribution in [3.05, 3.63) is 42.0 Å². The number of nitrogens with one attached hydrogen (secondary N) is 3. The van der Waals surface area contributed by atoms with E-state index < -0.39 is 0 Å². The lowest BCUT2D eigenvalue weighted by Gasteiger charge is -2.26. The predicted molar refractivity (Wildman–Crippen MR) is 121 cm³/mol. The van der Waals surface area contributed by atoms with E-state index in [-0.39, 0.29) is 12.1 Å². The summed E-state index contributed by atoms with van der Waals surface area (Å²) < 4.78 is 7.15. The minimum atomic E-state index is 0.257. The van der Waals surface area contributed by atoms with Crippen LogP contribution in [0.15, 0.2) is 35.3 Å². The van der Waals surface area contributed by atoms with Crippen molar-refractivity contribution in [3.8, 4) is 0 Å². The highest BCUT2D eigenvalue weighted by molar-refractivity contribution is 5.80. The number of methoxy groups -OCH3 is 1. The zero-order valence-corrected chi connectivity index (χ0v) is 18.6. The van der Waals surface area contributed by atoms with Gasteiger partial charge < -0.3 is 20.7 Å². The van der Waals surface area contributed by atoms with Gasteiger partial charge in [0.1, 0.15) is 12.4 Å². The van der Waals surface area contributed by atoms with Gasteiger partial charge in [-0.15, -0.1) is 0 Å². The van der Waals surface area contributed by atoms with Crippen molar-refractivity contribution < 1.29 is 4.74 Å². The van der Waals surface area contributed by atoms with Crippen LogP contribution in [0, 0.1) is 5.92 Å². The molecule has 3 rings (SSSR count). The summed E-state index contributed by atoms with van der Waals surface area (Å²) in [4.78, 5) is 9.44. The number of aliphatic imine (C=N–C) groups is 1. The third kappa shape index (κ3) is 6.19. The fourth-order valence-corrected chi connectivity index (χ4v) is 3.54. The first-order valence-electron chi connectivity index (χ1n) is 10.9. The summed E-state index contributed by atoms with van der Waals surface area (Å²) in [5.41, 5.74) is 1.13. The molecule has 1 aromatic heterocycles. The first kappa shape index (κ1) is 22.1. The molecule has 8 nitrogen and oxygen atoms in total. The number of rotatable bonds is 9. The van der Waals surface area contributed by atoms with Crippen LogP contribution in [0.3, 0.4) is 0 Å². The Balaban J connectivity index is 1.62. The molecule has 0 bridgehead atoms. The lowest BCUT2D eigenvalue weighted by Crippen LogP contribution is -2.47. The van der Waals surface area contributed by atoms with Gasteiger partial charge in [-0.2, -0.15) is 5.10 Å². The quantitative estimate of drug-likeness (QED) is 0.432. The van der Waals surface area contributed by atoms with Gasteiger partial charge in [0, 0.05) is 37.8 Å². The van der Waals surface area contributed by atoms with Crippen molar-refractivity contribution in [2.24, 2.45) is 10.9 Å². The fraction of sp³-hybridized carbons (Fsp3) is 0.591. The van der Waals surface area contributed by atoms with Crippen molar-refractivity contribution in [2.45, 2.75) is 58.8 Å². The first-order chi connectivity index (χ1) is 14.6. The monoisotopic (exact) mass is 413 g/mol. The van der Waals surface area contributed by atoms with Crippen LogP contribution in [-0.4, -0.2) is 53.0 Å². The van der Waals surface area contributed by atoms with E-state index >= 15 is 0 Å². The molecule has 1 aliphatic heterocycles. The second-order valence-corrected chi connectivity index (χ2v) is 8.02. The van der Waals surface area contributed by atoms with Crippen LogP contribution in [0.2, 0.25) is 0 Å². The summed E-state index contributed by atoms with van der Waals surface area (Å²) in [6.07, 6.45) is 1.91. The second-order valence-electron chi connectivity index (χ2n) is 8.02. The van der Waals surface area contributed by atoms with E-state index in [2.05, 4.69) is 58.9 Å². The summed E-state index contributed by atoms with van der Waals surface area (Å²) >= 11 is 0. The standard InChI is InChI=1S/C22H35N7O/c1-5-23-22(24-13-19(16(2)3)25-17-9-7-6-8-10-17)26-18-11-12-21-27-20(15-30-4)28-29(21)14-18/h6-10,16,18-19,25H,5,11-15H2,1-4H3,(H2,23,24,26). The average Bonchev–Trinajstić information content (AvgIpc) is 3.13. The molecule has 0 spiro atoms. The zero-order chi connectivity index (χ0) is 21.3. The highest BCUT2D eigenvalue weighted by atomic mass is 16.5. The Kier molecular flexibility index (Phi) is 8.07. The molecule has 1 aliphatic rings. The number of aromatic nitrogens is 3. The number of ether oxygens (including phenoxy) is 1. The largest absolute Gasteiger partial charge is 0.380 e. The van der Waals surface area contributed by atoms with Gasteiger partial charge in [0.05, 0.1) is 13.1 Å². The van der Waals surface area contributed by atoms with E-state index in [1.807, 2.05) is 22.9 Å². The fourth-order valence-electron chi connectivity index (χ4n) is 3.54. The van der Waals surface area contributed by atoms with E-state index in [0.717, 1.165) is 49.2 Å². The Morgan fingerprint density at radius 1 is 1.30 bits per heavy atom. The molecule has 164 valence electrons. The molecule has 0 amide bonds.